The summed E-state index contributed by atoms with van der Waals surface area (Å²) >= 11 is 0. The highest BCUT2D eigenvalue weighted by molar-refractivity contribution is 6.04. The summed E-state index contributed by atoms with van der Waals surface area (Å²) in [4.78, 5) is 46.7. The molecule has 3 aromatic carbocycles. The first kappa shape index (κ1) is 37.9. The summed E-state index contributed by atoms with van der Waals surface area (Å²) in [7, 11) is 0. The smallest absolute Gasteiger partial charge is 0.245 e. The Morgan fingerprint density at radius 1 is 0.561 bits per heavy atom. The Morgan fingerprint density at radius 2 is 1.07 bits per heavy atom. The van der Waals surface area contributed by atoms with E-state index in [4.69, 9.17) is 9.98 Å². The van der Waals surface area contributed by atoms with E-state index in [-0.39, 0.29) is 24.0 Å². The van der Waals surface area contributed by atoms with Crippen LogP contribution in [0.15, 0.2) is 101 Å². The molecule has 0 N–H and O–H groups in total. The van der Waals surface area contributed by atoms with Gasteiger partial charge in [0.2, 0.25) is 11.8 Å². The maximum Gasteiger partial charge on any atom is 0.245 e. The predicted octanol–water partition coefficient (Wildman–Crippen LogP) is 8.81. The van der Waals surface area contributed by atoms with Crippen molar-refractivity contribution < 1.29 is 9.59 Å². The standard InChI is InChI=1S/C49H58N6O2/c56-47(24-31-52-25-6-2-7-26-52)54-29-10-14-45(54)43-32-41(34-50-43)38-20-16-36(17-21-38)37-18-22-39(23-19-37)42-33-44(51-35-42)46-15-11-30-55(46)49(57)48(40-12-4-1-5-13-40)53-27-8-3-9-28-53/h1,4-5,12-13,16-23,34-35,45-46,48H,2-3,6-11,14-15,24-33H2/t45-,46-,48+/m0/s1. The van der Waals surface area contributed by atoms with Crippen LogP contribution in [0.5, 0.6) is 0 Å². The lowest BCUT2D eigenvalue weighted by molar-refractivity contribution is -0.137. The van der Waals surface area contributed by atoms with E-state index in [1.54, 1.807) is 0 Å². The maximum atomic E-state index is 14.4. The average molecular weight is 763 g/mol. The van der Waals surface area contributed by atoms with Crippen molar-refractivity contribution in [1.29, 1.82) is 0 Å². The second-order valence-electron chi connectivity index (χ2n) is 17.1. The molecule has 0 aromatic heterocycles. The molecule has 296 valence electrons. The number of nitrogens with zero attached hydrogens (tertiary/aromatic N) is 6. The summed E-state index contributed by atoms with van der Waals surface area (Å²) in [5.41, 5.74) is 10.6. The first-order valence-electron chi connectivity index (χ1n) is 21.9. The van der Waals surface area contributed by atoms with Gasteiger partial charge >= 0.3 is 0 Å². The van der Waals surface area contributed by atoms with Gasteiger partial charge in [0.1, 0.15) is 6.04 Å². The number of carbonyl (C=O) groups excluding carboxylic acids is 2. The van der Waals surface area contributed by atoms with Crippen molar-refractivity contribution in [3.8, 4) is 11.1 Å². The molecule has 3 aromatic rings. The third-order valence-electron chi connectivity index (χ3n) is 13.4. The number of rotatable bonds is 11. The molecule has 0 aliphatic carbocycles. The van der Waals surface area contributed by atoms with E-state index in [0.717, 1.165) is 114 Å². The van der Waals surface area contributed by atoms with E-state index in [9.17, 15) is 9.59 Å². The van der Waals surface area contributed by atoms with Crippen molar-refractivity contribution in [2.24, 2.45) is 9.98 Å². The molecular weight excluding hydrogens is 705 g/mol. The van der Waals surface area contributed by atoms with Crippen molar-refractivity contribution in [1.82, 2.24) is 19.6 Å². The molecule has 9 rings (SSSR count). The van der Waals surface area contributed by atoms with Gasteiger partial charge in [-0.15, -0.1) is 0 Å². The van der Waals surface area contributed by atoms with Gasteiger partial charge in [-0.3, -0.25) is 24.5 Å². The lowest BCUT2D eigenvalue weighted by Crippen LogP contribution is -2.48. The minimum absolute atomic E-state index is 0.0606. The minimum atomic E-state index is -0.220. The quantitative estimate of drug-likeness (QED) is 0.196. The summed E-state index contributed by atoms with van der Waals surface area (Å²) in [6.45, 7) is 6.77. The molecule has 4 fully saturated rings. The number of hydrogen-bond acceptors (Lipinski definition) is 6. The van der Waals surface area contributed by atoms with Crippen molar-refractivity contribution >= 4 is 34.4 Å². The Balaban J connectivity index is 0.789. The third-order valence-corrected chi connectivity index (χ3v) is 13.4. The molecular formula is C49H58N6O2. The van der Waals surface area contributed by atoms with Crippen LogP contribution in [0, 0.1) is 0 Å². The number of benzene rings is 3. The number of carbonyl (C=O) groups is 2. The fourth-order valence-corrected chi connectivity index (χ4v) is 10.3. The van der Waals surface area contributed by atoms with Crippen LogP contribution in [-0.2, 0) is 9.59 Å². The molecule has 0 saturated carbocycles. The normalized spacial score (nSPS) is 23.6. The van der Waals surface area contributed by atoms with E-state index < -0.39 is 0 Å². The number of allylic oxidation sites excluding steroid dienone is 2. The second-order valence-corrected chi connectivity index (χ2v) is 17.1. The monoisotopic (exact) mass is 762 g/mol. The summed E-state index contributed by atoms with van der Waals surface area (Å²) in [5, 5.41) is 0. The SMILES string of the molecule is O=C(CCN1CCCCC1)N1CCC[C@H]1C1=NC=C(c2ccc(-c3ccc(C4=CN=C([C@@H]5CCCN5C(=O)[C@@H](c5ccccc5)N5CCCCC5)C4)cc3)cc2)C1. The van der Waals surface area contributed by atoms with E-state index >= 15 is 0 Å². The molecule has 4 saturated heterocycles. The van der Waals surface area contributed by atoms with Crippen LogP contribution in [0.25, 0.3) is 22.3 Å². The molecule has 0 bridgehead atoms. The molecule has 6 heterocycles. The molecule has 0 radical (unpaired) electrons. The van der Waals surface area contributed by atoms with Crippen LogP contribution in [0.3, 0.4) is 0 Å². The first-order chi connectivity index (χ1) is 28.1. The molecule has 0 spiro atoms. The largest absolute Gasteiger partial charge is 0.334 e. The average Bonchev–Trinajstić information content (AvgIpc) is 4.12. The topological polar surface area (TPSA) is 71.8 Å². The van der Waals surface area contributed by atoms with E-state index in [0.29, 0.717) is 12.3 Å². The van der Waals surface area contributed by atoms with Crippen molar-refractivity contribution in [2.75, 3.05) is 45.8 Å². The molecule has 3 atom stereocenters. The number of hydrogen-bond donors (Lipinski definition) is 0. The van der Waals surface area contributed by atoms with Crippen LogP contribution in [0.4, 0.5) is 0 Å². The fraction of sp³-hybridized carbons (Fsp3) is 0.469. The second kappa shape index (κ2) is 17.5. The van der Waals surface area contributed by atoms with Gasteiger partial charge in [0.05, 0.1) is 12.1 Å². The van der Waals surface area contributed by atoms with Crippen molar-refractivity contribution in [2.45, 2.75) is 102 Å². The summed E-state index contributed by atoms with van der Waals surface area (Å²) in [5.74, 6) is 0.527. The van der Waals surface area contributed by atoms with Gasteiger partial charge in [-0.2, -0.15) is 0 Å². The van der Waals surface area contributed by atoms with Crippen LogP contribution in [0.1, 0.15) is 106 Å². The number of likely N-dealkylation sites (tertiary alicyclic amines) is 4. The number of amides is 2. The van der Waals surface area contributed by atoms with Crippen LogP contribution < -0.4 is 0 Å². The predicted molar refractivity (Wildman–Crippen MR) is 231 cm³/mol. The van der Waals surface area contributed by atoms with E-state index in [1.165, 1.54) is 59.1 Å². The lowest BCUT2D eigenvalue weighted by atomic mass is 9.94. The highest BCUT2D eigenvalue weighted by Gasteiger charge is 2.40. The van der Waals surface area contributed by atoms with Gasteiger partial charge in [-0.25, -0.2) is 0 Å². The molecule has 0 unspecified atom stereocenters. The summed E-state index contributed by atoms with van der Waals surface area (Å²) in [6, 6.07) is 28.1. The van der Waals surface area contributed by atoms with Crippen molar-refractivity contribution in [3.63, 3.8) is 0 Å². The Morgan fingerprint density at radius 3 is 1.65 bits per heavy atom. The van der Waals surface area contributed by atoms with Gasteiger partial charge < -0.3 is 14.7 Å². The van der Waals surface area contributed by atoms with Crippen molar-refractivity contribution in [3.05, 3.63) is 108 Å². The molecule has 2 amide bonds. The van der Waals surface area contributed by atoms with Gasteiger partial charge in [-0.05, 0) is 117 Å². The Hall–Kier alpha value is -4.66. The number of aliphatic imine (C=N–C) groups is 2. The first-order valence-corrected chi connectivity index (χ1v) is 21.9. The van der Waals surface area contributed by atoms with Gasteiger partial charge in [0.25, 0.3) is 0 Å². The maximum absolute atomic E-state index is 14.4. The lowest BCUT2D eigenvalue weighted by Gasteiger charge is -2.37. The zero-order chi connectivity index (χ0) is 38.6. The summed E-state index contributed by atoms with van der Waals surface area (Å²) < 4.78 is 0. The Kier molecular flexibility index (Phi) is 11.6. The van der Waals surface area contributed by atoms with Gasteiger partial charge in [-0.1, -0.05) is 91.7 Å². The van der Waals surface area contributed by atoms with Gasteiger partial charge in [0.15, 0.2) is 0 Å². The molecule has 6 aliphatic rings. The van der Waals surface area contributed by atoms with Crippen LogP contribution >= 0.6 is 0 Å². The minimum Gasteiger partial charge on any atom is -0.334 e. The van der Waals surface area contributed by atoms with E-state index in [2.05, 4.69) is 92.4 Å². The zero-order valence-electron chi connectivity index (χ0n) is 33.5. The molecule has 6 aliphatic heterocycles. The summed E-state index contributed by atoms with van der Waals surface area (Å²) in [6.07, 6.45) is 17.7. The van der Waals surface area contributed by atoms with E-state index in [1.807, 2.05) is 18.5 Å². The molecule has 8 nitrogen and oxygen atoms in total. The fourth-order valence-electron chi connectivity index (χ4n) is 10.3. The molecule has 57 heavy (non-hydrogen) atoms. The van der Waals surface area contributed by atoms with Crippen LogP contribution in [0.2, 0.25) is 0 Å². The molecule has 8 heteroatoms. The Bertz CT molecular complexity index is 2020. The van der Waals surface area contributed by atoms with Crippen LogP contribution in [-0.4, -0.2) is 101 Å². The Labute approximate surface area is 339 Å². The highest BCUT2D eigenvalue weighted by Crippen LogP contribution is 2.36. The number of piperidine rings is 2. The third kappa shape index (κ3) is 8.35. The van der Waals surface area contributed by atoms with Gasteiger partial charge in [0, 0.05) is 62.7 Å². The zero-order valence-corrected chi connectivity index (χ0v) is 33.5. The highest BCUT2D eigenvalue weighted by atomic mass is 16.2.